The monoisotopic (exact) mass is 225 g/mol. The van der Waals surface area contributed by atoms with E-state index >= 15 is 0 Å². The van der Waals surface area contributed by atoms with Gasteiger partial charge in [0.05, 0.1) is 6.54 Å². The van der Waals surface area contributed by atoms with Crippen molar-refractivity contribution in [2.45, 2.75) is 18.9 Å². The SMILES string of the molecule is CN1CCN(C2CCC(=O)NC2=O)C(=O)C1. The number of nitrogens with zero attached hydrogens (tertiary/aromatic N) is 2. The predicted octanol–water partition coefficient (Wildman–Crippen LogP) is -1.43. The molecular weight excluding hydrogens is 210 g/mol. The van der Waals surface area contributed by atoms with Crippen LogP contribution in [0.15, 0.2) is 0 Å². The van der Waals surface area contributed by atoms with Gasteiger partial charge < -0.3 is 4.90 Å². The number of amides is 3. The van der Waals surface area contributed by atoms with Crippen LogP contribution < -0.4 is 5.32 Å². The van der Waals surface area contributed by atoms with Gasteiger partial charge in [-0.15, -0.1) is 0 Å². The highest BCUT2D eigenvalue weighted by Crippen LogP contribution is 2.15. The summed E-state index contributed by atoms with van der Waals surface area (Å²) in [7, 11) is 1.87. The van der Waals surface area contributed by atoms with Gasteiger partial charge in [-0.1, -0.05) is 0 Å². The molecule has 0 aliphatic carbocycles. The number of piperazine rings is 1. The second-order valence-electron chi connectivity index (χ2n) is 4.29. The first-order valence-electron chi connectivity index (χ1n) is 5.39. The highest BCUT2D eigenvalue weighted by atomic mass is 16.2. The Balaban J connectivity index is 2.04. The molecule has 0 saturated carbocycles. The third-order valence-corrected chi connectivity index (χ3v) is 3.03. The van der Waals surface area contributed by atoms with Crippen LogP contribution in [0.1, 0.15) is 12.8 Å². The largest absolute Gasteiger partial charge is 0.328 e. The van der Waals surface area contributed by atoms with Crippen molar-refractivity contribution in [3.8, 4) is 0 Å². The second-order valence-corrected chi connectivity index (χ2v) is 4.29. The molecule has 0 aromatic heterocycles. The van der Waals surface area contributed by atoms with Crippen molar-refractivity contribution in [1.82, 2.24) is 15.1 Å². The smallest absolute Gasteiger partial charge is 0.249 e. The number of hydrogen-bond acceptors (Lipinski definition) is 4. The van der Waals surface area contributed by atoms with Gasteiger partial charge in [-0.05, 0) is 13.5 Å². The fraction of sp³-hybridized carbons (Fsp3) is 0.700. The topological polar surface area (TPSA) is 69.7 Å². The molecule has 3 amide bonds. The van der Waals surface area contributed by atoms with E-state index < -0.39 is 6.04 Å². The summed E-state index contributed by atoms with van der Waals surface area (Å²) in [6, 6.07) is -0.459. The van der Waals surface area contributed by atoms with Gasteiger partial charge in [0.15, 0.2) is 0 Å². The van der Waals surface area contributed by atoms with Crippen LogP contribution in [0.2, 0.25) is 0 Å². The molecule has 2 aliphatic rings. The third-order valence-electron chi connectivity index (χ3n) is 3.03. The Morgan fingerprint density at radius 1 is 1.25 bits per heavy atom. The predicted molar refractivity (Wildman–Crippen MR) is 55.4 cm³/mol. The Morgan fingerprint density at radius 2 is 2.00 bits per heavy atom. The van der Waals surface area contributed by atoms with E-state index in [0.717, 1.165) is 6.54 Å². The summed E-state index contributed by atoms with van der Waals surface area (Å²) < 4.78 is 0. The van der Waals surface area contributed by atoms with Crippen molar-refractivity contribution >= 4 is 17.7 Å². The molecular formula is C10H15N3O3. The Bertz CT molecular complexity index is 342. The van der Waals surface area contributed by atoms with Crippen LogP contribution in [0.5, 0.6) is 0 Å². The third kappa shape index (κ3) is 2.06. The Hall–Kier alpha value is -1.43. The number of carbonyl (C=O) groups excluding carboxylic acids is 3. The first kappa shape index (κ1) is 11.1. The number of piperidine rings is 1. The van der Waals surface area contributed by atoms with E-state index in [1.807, 2.05) is 11.9 Å². The molecule has 2 fully saturated rings. The second kappa shape index (κ2) is 4.21. The minimum atomic E-state index is -0.459. The van der Waals surface area contributed by atoms with E-state index in [0.29, 0.717) is 25.9 Å². The van der Waals surface area contributed by atoms with Gasteiger partial charge >= 0.3 is 0 Å². The van der Waals surface area contributed by atoms with Gasteiger partial charge in [-0.25, -0.2) is 0 Å². The normalized spacial score (nSPS) is 28.2. The van der Waals surface area contributed by atoms with Crippen LogP contribution >= 0.6 is 0 Å². The number of hydrogen-bond donors (Lipinski definition) is 1. The van der Waals surface area contributed by atoms with Crippen molar-refractivity contribution < 1.29 is 14.4 Å². The first-order chi connectivity index (χ1) is 7.58. The molecule has 2 saturated heterocycles. The minimum absolute atomic E-state index is 0.0387. The standard InChI is InChI=1S/C10H15N3O3/c1-12-4-5-13(9(15)6-12)7-2-3-8(14)11-10(7)16/h7H,2-6H2,1H3,(H,11,14,16). The molecule has 16 heavy (non-hydrogen) atoms. The van der Waals surface area contributed by atoms with Crippen molar-refractivity contribution in [3.63, 3.8) is 0 Å². The van der Waals surface area contributed by atoms with Crippen LogP contribution in [-0.2, 0) is 14.4 Å². The zero-order valence-corrected chi connectivity index (χ0v) is 9.23. The Labute approximate surface area is 93.6 Å². The average molecular weight is 225 g/mol. The molecule has 1 unspecified atom stereocenters. The lowest BCUT2D eigenvalue weighted by molar-refractivity contribution is -0.148. The summed E-state index contributed by atoms with van der Waals surface area (Å²) in [5.74, 6) is -0.625. The van der Waals surface area contributed by atoms with Gasteiger partial charge in [0, 0.05) is 19.5 Å². The van der Waals surface area contributed by atoms with Crippen LogP contribution in [0.25, 0.3) is 0 Å². The first-order valence-corrected chi connectivity index (χ1v) is 5.39. The summed E-state index contributed by atoms with van der Waals surface area (Å²) in [6.45, 7) is 1.67. The van der Waals surface area contributed by atoms with Crippen molar-refractivity contribution in [2.24, 2.45) is 0 Å². The zero-order chi connectivity index (χ0) is 11.7. The van der Waals surface area contributed by atoms with Crippen molar-refractivity contribution in [1.29, 1.82) is 0 Å². The summed E-state index contributed by atoms with van der Waals surface area (Å²) in [4.78, 5) is 37.8. The van der Waals surface area contributed by atoms with E-state index in [-0.39, 0.29) is 17.7 Å². The Morgan fingerprint density at radius 3 is 2.62 bits per heavy atom. The van der Waals surface area contributed by atoms with Gasteiger partial charge in [-0.3, -0.25) is 24.6 Å². The van der Waals surface area contributed by atoms with E-state index in [1.54, 1.807) is 4.90 Å². The number of imide groups is 1. The van der Waals surface area contributed by atoms with E-state index in [2.05, 4.69) is 5.32 Å². The lowest BCUT2D eigenvalue weighted by atomic mass is 10.0. The van der Waals surface area contributed by atoms with Gasteiger partial charge in [0.1, 0.15) is 6.04 Å². The van der Waals surface area contributed by atoms with E-state index in [1.165, 1.54) is 0 Å². The van der Waals surface area contributed by atoms with Crippen molar-refractivity contribution in [3.05, 3.63) is 0 Å². The van der Waals surface area contributed by atoms with Crippen LogP contribution in [0.3, 0.4) is 0 Å². The van der Waals surface area contributed by atoms with E-state index in [4.69, 9.17) is 0 Å². The van der Waals surface area contributed by atoms with Crippen molar-refractivity contribution in [2.75, 3.05) is 26.7 Å². The molecule has 2 heterocycles. The summed E-state index contributed by atoms with van der Waals surface area (Å²) in [5.41, 5.74) is 0. The molecule has 1 N–H and O–H groups in total. The lowest BCUT2D eigenvalue weighted by Crippen LogP contribution is -2.59. The number of carbonyl (C=O) groups is 3. The molecule has 2 aliphatic heterocycles. The van der Waals surface area contributed by atoms with E-state index in [9.17, 15) is 14.4 Å². The maximum Gasteiger partial charge on any atom is 0.249 e. The fourth-order valence-electron chi connectivity index (χ4n) is 2.11. The molecule has 6 nitrogen and oxygen atoms in total. The molecule has 0 spiro atoms. The number of nitrogens with one attached hydrogen (secondary N) is 1. The van der Waals surface area contributed by atoms with Crippen LogP contribution in [-0.4, -0.2) is 60.2 Å². The molecule has 0 aromatic carbocycles. The molecule has 0 aromatic rings. The van der Waals surface area contributed by atoms with Crippen LogP contribution in [0, 0.1) is 0 Å². The molecule has 1 atom stereocenters. The molecule has 88 valence electrons. The van der Waals surface area contributed by atoms with Gasteiger partial charge in [0.2, 0.25) is 17.7 Å². The Kier molecular flexibility index (Phi) is 2.91. The highest BCUT2D eigenvalue weighted by molar-refractivity contribution is 6.01. The molecule has 0 radical (unpaired) electrons. The number of likely N-dealkylation sites (N-methyl/N-ethyl adjacent to an activating group) is 1. The summed E-state index contributed by atoms with van der Waals surface area (Å²) in [5, 5.41) is 2.27. The maximum atomic E-state index is 11.8. The lowest BCUT2D eigenvalue weighted by Gasteiger charge is -2.38. The highest BCUT2D eigenvalue weighted by Gasteiger charge is 2.36. The zero-order valence-electron chi connectivity index (χ0n) is 9.23. The number of rotatable bonds is 1. The summed E-state index contributed by atoms with van der Waals surface area (Å²) >= 11 is 0. The molecule has 6 heteroatoms. The van der Waals surface area contributed by atoms with Gasteiger partial charge in [-0.2, -0.15) is 0 Å². The quantitative estimate of drug-likeness (QED) is 0.555. The van der Waals surface area contributed by atoms with Crippen LogP contribution in [0.4, 0.5) is 0 Å². The minimum Gasteiger partial charge on any atom is -0.328 e. The average Bonchev–Trinajstić information content (AvgIpc) is 2.19. The summed E-state index contributed by atoms with van der Waals surface area (Å²) in [6.07, 6.45) is 0.760. The maximum absolute atomic E-state index is 11.8. The van der Waals surface area contributed by atoms with Gasteiger partial charge in [0.25, 0.3) is 0 Å². The fourth-order valence-corrected chi connectivity index (χ4v) is 2.11. The molecule has 2 rings (SSSR count). The molecule has 0 bridgehead atoms.